The molecule has 0 saturated heterocycles. The van der Waals surface area contributed by atoms with Crippen molar-refractivity contribution in [2.45, 2.75) is 19.9 Å². The number of carbonyl (C=O) groups is 1. The van der Waals surface area contributed by atoms with E-state index in [4.69, 9.17) is 27.9 Å². The van der Waals surface area contributed by atoms with Crippen molar-refractivity contribution in [3.63, 3.8) is 0 Å². The zero-order valence-corrected chi connectivity index (χ0v) is 18.9. The second-order valence-corrected chi connectivity index (χ2v) is 7.94. The maximum absolute atomic E-state index is 12.5. The van der Waals surface area contributed by atoms with Crippen LogP contribution in [0.15, 0.2) is 48.0 Å². The van der Waals surface area contributed by atoms with E-state index in [9.17, 15) is 10.1 Å². The van der Waals surface area contributed by atoms with Gasteiger partial charge in [0.15, 0.2) is 0 Å². The van der Waals surface area contributed by atoms with E-state index in [1.54, 1.807) is 19.3 Å². The van der Waals surface area contributed by atoms with E-state index in [1.165, 1.54) is 0 Å². The van der Waals surface area contributed by atoms with Crippen LogP contribution in [0.3, 0.4) is 0 Å². The monoisotopic (exact) mass is 455 g/mol. The fourth-order valence-corrected chi connectivity index (χ4v) is 3.79. The number of methoxy groups -OCH3 is 1. The number of fused-ring (bicyclic) bond motifs is 1. The minimum absolute atomic E-state index is 0.0676. The van der Waals surface area contributed by atoms with E-state index in [0.717, 1.165) is 27.7 Å². The van der Waals surface area contributed by atoms with Crippen molar-refractivity contribution in [1.82, 2.24) is 9.88 Å². The molecule has 1 aromatic heterocycles. The zero-order valence-electron chi connectivity index (χ0n) is 17.4. The molecule has 0 aliphatic heterocycles. The molecular weight excluding hydrogens is 433 g/mol. The van der Waals surface area contributed by atoms with E-state index in [0.29, 0.717) is 36.2 Å². The molecule has 0 bridgehead atoms. The Bertz CT molecular complexity index is 1180. The Hall–Kier alpha value is -2.78. The number of benzene rings is 2. The van der Waals surface area contributed by atoms with Gasteiger partial charge in [0.25, 0.3) is 5.91 Å². The third kappa shape index (κ3) is 5.29. The number of rotatable bonds is 8. The quantitative estimate of drug-likeness (QED) is 0.282. The van der Waals surface area contributed by atoms with E-state index >= 15 is 0 Å². The topological polar surface area (TPSA) is 67.0 Å². The zero-order chi connectivity index (χ0) is 22.4. The number of amides is 1. The molecule has 1 amide bonds. The highest BCUT2D eigenvalue weighted by Gasteiger charge is 2.16. The molecule has 0 atom stereocenters. The summed E-state index contributed by atoms with van der Waals surface area (Å²) in [7, 11) is 1.61. The normalized spacial score (nSPS) is 11.5. The molecule has 2 aromatic carbocycles. The Labute approximate surface area is 191 Å². The number of nitriles is 1. The SMILES string of the molecule is COCCCNC(=O)/C(C#N)=C/c1c(C)n(Cc2ccc(Cl)c(Cl)c2)c2ccccc12. The van der Waals surface area contributed by atoms with Crippen molar-refractivity contribution in [2.75, 3.05) is 20.3 Å². The fraction of sp³-hybridized carbons (Fsp3) is 0.250. The summed E-state index contributed by atoms with van der Waals surface area (Å²) in [5, 5.41) is 14.3. The number of nitrogens with zero attached hydrogens (tertiary/aromatic N) is 2. The first-order valence-electron chi connectivity index (χ1n) is 9.87. The maximum atomic E-state index is 12.5. The number of nitrogens with one attached hydrogen (secondary N) is 1. The minimum Gasteiger partial charge on any atom is -0.385 e. The number of carbonyl (C=O) groups excluding carboxylic acids is 1. The Morgan fingerprint density at radius 3 is 2.71 bits per heavy atom. The summed E-state index contributed by atoms with van der Waals surface area (Å²) in [6.45, 7) is 3.56. The largest absolute Gasteiger partial charge is 0.385 e. The van der Waals surface area contributed by atoms with Gasteiger partial charge in [-0.1, -0.05) is 47.5 Å². The molecule has 0 unspecified atom stereocenters. The molecule has 0 radical (unpaired) electrons. The highest BCUT2D eigenvalue weighted by Crippen LogP contribution is 2.30. The smallest absolute Gasteiger partial charge is 0.261 e. The molecular formula is C24H23Cl2N3O2. The fourth-order valence-electron chi connectivity index (χ4n) is 3.47. The van der Waals surface area contributed by atoms with Gasteiger partial charge in [0.05, 0.1) is 10.0 Å². The van der Waals surface area contributed by atoms with Gasteiger partial charge >= 0.3 is 0 Å². The first-order valence-corrected chi connectivity index (χ1v) is 10.6. The molecule has 1 N–H and O–H groups in total. The molecule has 3 rings (SSSR count). The van der Waals surface area contributed by atoms with E-state index in [2.05, 4.69) is 9.88 Å². The summed E-state index contributed by atoms with van der Waals surface area (Å²) in [6, 6.07) is 15.5. The van der Waals surface area contributed by atoms with Gasteiger partial charge in [-0.25, -0.2) is 0 Å². The molecule has 0 spiro atoms. The van der Waals surface area contributed by atoms with Crippen LogP contribution in [-0.2, 0) is 16.1 Å². The van der Waals surface area contributed by atoms with Gasteiger partial charge in [-0.3, -0.25) is 4.79 Å². The average molecular weight is 456 g/mol. The lowest BCUT2D eigenvalue weighted by molar-refractivity contribution is -0.117. The molecule has 0 aliphatic carbocycles. The summed E-state index contributed by atoms with van der Waals surface area (Å²) in [5.74, 6) is -0.390. The van der Waals surface area contributed by atoms with Crippen molar-refractivity contribution < 1.29 is 9.53 Å². The lowest BCUT2D eigenvalue weighted by atomic mass is 10.1. The average Bonchev–Trinajstić information content (AvgIpc) is 3.03. The number of para-hydroxylation sites is 1. The van der Waals surface area contributed by atoms with Gasteiger partial charge in [-0.15, -0.1) is 0 Å². The van der Waals surface area contributed by atoms with Gasteiger partial charge in [0.2, 0.25) is 0 Å². The van der Waals surface area contributed by atoms with Crippen molar-refractivity contribution >= 4 is 46.1 Å². The van der Waals surface area contributed by atoms with Crippen LogP contribution in [0.25, 0.3) is 17.0 Å². The predicted octanol–water partition coefficient (Wildman–Crippen LogP) is 5.36. The van der Waals surface area contributed by atoms with Gasteiger partial charge in [-0.05, 0) is 43.2 Å². The second kappa shape index (κ2) is 10.5. The molecule has 0 fully saturated rings. The molecule has 7 heteroatoms. The molecule has 31 heavy (non-hydrogen) atoms. The Morgan fingerprint density at radius 1 is 1.23 bits per heavy atom. The number of hydrogen-bond donors (Lipinski definition) is 1. The van der Waals surface area contributed by atoms with Crippen LogP contribution in [0.2, 0.25) is 10.0 Å². The summed E-state index contributed by atoms with van der Waals surface area (Å²) >= 11 is 12.2. The molecule has 160 valence electrons. The highest BCUT2D eigenvalue weighted by atomic mass is 35.5. The van der Waals surface area contributed by atoms with Gasteiger partial charge < -0.3 is 14.6 Å². The van der Waals surface area contributed by atoms with E-state index < -0.39 is 0 Å². The van der Waals surface area contributed by atoms with Crippen LogP contribution in [0.5, 0.6) is 0 Å². The Morgan fingerprint density at radius 2 is 2.00 bits per heavy atom. The molecule has 0 aliphatic rings. The number of hydrogen-bond acceptors (Lipinski definition) is 3. The van der Waals surface area contributed by atoms with E-state index in [1.807, 2.05) is 49.4 Å². The van der Waals surface area contributed by atoms with Crippen LogP contribution in [-0.4, -0.2) is 30.7 Å². The summed E-state index contributed by atoms with van der Waals surface area (Å²) < 4.78 is 7.13. The van der Waals surface area contributed by atoms with Crippen LogP contribution in [0.1, 0.15) is 23.2 Å². The first-order chi connectivity index (χ1) is 15.0. The molecule has 1 heterocycles. The van der Waals surface area contributed by atoms with Gasteiger partial charge in [0.1, 0.15) is 11.6 Å². The first kappa shape index (κ1) is 22.9. The molecule has 0 saturated carbocycles. The maximum Gasteiger partial charge on any atom is 0.261 e. The van der Waals surface area contributed by atoms with Gasteiger partial charge in [-0.2, -0.15) is 5.26 Å². The molecule has 3 aromatic rings. The minimum atomic E-state index is -0.390. The second-order valence-electron chi connectivity index (χ2n) is 7.12. The molecule has 5 nitrogen and oxygen atoms in total. The lowest BCUT2D eigenvalue weighted by Crippen LogP contribution is -2.26. The number of aromatic nitrogens is 1. The predicted molar refractivity (Wildman–Crippen MR) is 125 cm³/mol. The third-order valence-corrected chi connectivity index (χ3v) is 5.81. The van der Waals surface area contributed by atoms with E-state index in [-0.39, 0.29) is 11.5 Å². The number of halogens is 2. The van der Waals surface area contributed by atoms with Crippen molar-refractivity contribution in [3.8, 4) is 6.07 Å². The summed E-state index contributed by atoms with van der Waals surface area (Å²) in [5.41, 5.74) is 3.88. The van der Waals surface area contributed by atoms with Crippen LogP contribution < -0.4 is 5.32 Å². The standard InChI is InChI=1S/C24H23Cl2N3O2/c1-16-20(13-18(14-27)24(30)28-10-5-11-31-2)19-6-3-4-7-23(19)29(16)15-17-8-9-21(25)22(26)12-17/h3-4,6-9,12-13H,5,10-11,15H2,1-2H3,(H,28,30)/b18-13+. The lowest BCUT2D eigenvalue weighted by Gasteiger charge is -2.10. The van der Waals surface area contributed by atoms with Crippen molar-refractivity contribution in [3.05, 3.63) is 74.9 Å². The third-order valence-electron chi connectivity index (χ3n) is 5.07. The number of ether oxygens (including phenoxy) is 1. The van der Waals surface area contributed by atoms with Crippen molar-refractivity contribution in [2.24, 2.45) is 0 Å². The van der Waals surface area contributed by atoms with Crippen LogP contribution >= 0.6 is 23.2 Å². The summed E-state index contributed by atoms with van der Waals surface area (Å²) in [6.07, 6.45) is 2.34. The summed E-state index contributed by atoms with van der Waals surface area (Å²) in [4.78, 5) is 12.5. The Balaban J connectivity index is 1.98. The van der Waals surface area contributed by atoms with Crippen LogP contribution in [0.4, 0.5) is 0 Å². The van der Waals surface area contributed by atoms with Gasteiger partial charge in [0, 0.05) is 49.0 Å². The Kier molecular flexibility index (Phi) is 7.75. The van der Waals surface area contributed by atoms with Crippen molar-refractivity contribution in [1.29, 1.82) is 5.26 Å². The van der Waals surface area contributed by atoms with Crippen LogP contribution in [0, 0.1) is 18.3 Å². The highest BCUT2D eigenvalue weighted by molar-refractivity contribution is 6.42.